The summed E-state index contributed by atoms with van der Waals surface area (Å²) in [5, 5.41) is 4.45. The lowest BCUT2D eigenvalue weighted by molar-refractivity contribution is 0.284. The SMILES string of the molecule is O=S(=O)(Nc1cc(CN2CCCNCC2)c2occc2c1)c1ccccc1Cl. The molecule has 1 saturated heterocycles. The van der Waals surface area contributed by atoms with Gasteiger partial charge in [0.15, 0.2) is 0 Å². The van der Waals surface area contributed by atoms with Gasteiger partial charge >= 0.3 is 0 Å². The van der Waals surface area contributed by atoms with E-state index in [1.807, 2.05) is 12.1 Å². The lowest BCUT2D eigenvalue weighted by Crippen LogP contribution is -2.27. The number of halogens is 1. The highest BCUT2D eigenvalue weighted by Crippen LogP contribution is 2.29. The zero-order valence-corrected chi connectivity index (χ0v) is 16.9. The van der Waals surface area contributed by atoms with E-state index in [-0.39, 0.29) is 9.92 Å². The van der Waals surface area contributed by atoms with Gasteiger partial charge in [-0.2, -0.15) is 0 Å². The van der Waals surface area contributed by atoms with Crippen LogP contribution in [0.5, 0.6) is 0 Å². The molecule has 0 unspecified atom stereocenters. The number of hydrogen-bond acceptors (Lipinski definition) is 5. The van der Waals surface area contributed by atoms with Gasteiger partial charge < -0.3 is 9.73 Å². The average Bonchev–Trinajstić information content (AvgIpc) is 2.98. The first-order valence-electron chi connectivity index (χ1n) is 9.23. The molecule has 1 aromatic heterocycles. The molecular formula is C20H22ClN3O3S. The Morgan fingerprint density at radius 2 is 2.00 bits per heavy atom. The van der Waals surface area contributed by atoms with E-state index in [1.165, 1.54) is 6.07 Å². The zero-order valence-electron chi connectivity index (χ0n) is 15.3. The van der Waals surface area contributed by atoms with Crippen LogP contribution in [0.2, 0.25) is 5.02 Å². The molecule has 1 aliphatic heterocycles. The standard InChI is InChI=1S/C20H22ClN3O3S/c21-18-4-1-2-5-19(18)28(25,26)23-17-12-15-6-11-27-20(15)16(13-17)14-24-9-3-7-22-8-10-24/h1-2,4-6,11-13,22-23H,3,7-10,14H2. The van der Waals surface area contributed by atoms with Gasteiger partial charge in [0.2, 0.25) is 0 Å². The molecule has 2 heterocycles. The summed E-state index contributed by atoms with van der Waals surface area (Å²) in [6.45, 7) is 4.60. The molecule has 3 aromatic rings. The second-order valence-corrected chi connectivity index (χ2v) is 8.95. The molecule has 0 radical (unpaired) electrons. The number of benzene rings is 2. The van der Waals surface area contributed by atoms with Crippen molar-refractivity contribution in [3.05, 3.63) is 59.3 Å². The van der Waals surface area contributed by atoms with Crippen LogP contribution >= 0.6 is 11.6 Å². The zero-order chi connectivity index (χ0) is 19.6. The molecule has 0 aliphatic carbocycles. The van der Waals surface area contributed by atoms with Crippen LogP contribution in [0.25, 0.3) is 11.0 Å². The molecule has 0 amide bonds. The van der Waals surface area contributed by atoms with Crippen LogP contribution in [0.15, 0.2) is 58.0 Å². The topological polar surface area (TPSA) is 74.6 Å². The summed E-state index contributed by atoms with van der Waals surface area (Å²) in [4.78, 5) is 2.41. The summed E-state index contributed by atoms with van der Waals surface area (Å²) in [7, 11) is -3.79. The predicted octanol–water partition coefficient (Wildman–Crippen LogP) is 3.68. The van der Waals surface area contributed by atoms with Crippen molar-refractivity contribution >= 4 is 38.3 Å². The highest BCUT2D eigenvalue weighted by molar-refractivity contribution is 7.92. The summed E-state index contributed by atoms with van der Waals surface area (Å²) in [5.41, 5.74) is 2.25. The Labute approximate surface area is 169 Å². The molecule has 148 valence electrons. The lowest BCUT2D eigenvalue weighted by atomic mass is 10.1. The Kier molecular flexibility index (Phi) is 5.59. The van der Waals surface area contributed by atoms with Gasteiger partial charge in [-0.3, -0.25) is 9.62 Å². The van der Waals surface area contributed by atoms with Crippen LogP contribution in [0, 0.1) is 0 Å². The molecule has 0 bridgehead atoms. The Bertz CT molecular complexity index is 1070. The minimum Gasteiger partial charge on any atom is -0.464 e. The van der Waals surface area contributed by atoms with Gasteiger partial charge in [-0.05, 0) is 49.8 Å². The fourth-order valence-electron chi connectivity index (χ4n) is 3.51. The van der Waals surface area contributed by atoms with Crippen LogP contribution in [-0.4, -0.2) is 39.5 Å². The Balaban J connectivity index is 1.65. The number of furan rings is 1. The van der Waals surface area contributed by atoms with Crippen molar-refractivity contribution in [2.45, 2.75) is 17.9 Å². The summed E-state index contributed by atoms with van der Waals surface area (Å²) in [6, 6.07) is 11.9. The molecule has 0 saturated carbocycles. The fraction of sp³-hybridized carbons (Fsp3) is 0.300. The monoisotopic (exact) mass is 419 g/mol. The minimum absolute atomic E-state index is 0.0594. The molecule has 0 atom stereocenters. The van der Waals surface area contributed by atoms with Gasteiger partial charge in [0.25, 0.3) is 10.0 Å². The third-order valence-electron chi connectivity index (χ3n) is 4.83. The number of sulfonamides is 1. The summed E-state index contributed by atoms with van der Waals surface area (Å²) >= 11 is 6.08. The third-order valence-corrected chi connectivity index (χ3v) is 6.71. The van der Waals surface area contributed by atoms with Crippen molar-refractivity contribution in [1.29, 1.82) is 0 Å². The second kappa shape index (κ2) is 8.13. The van der Waals surface area contributed by atoms with Gasteiger partial charge in [-0.15, -0.1) is 0 Å². The summed E-state index contributed by atoms with van der Waals surface area (Å²) in [6.07, 6.45) is 2.71. The first-order valence-corrected chi connectivity index (χ1v) is 11.1. The Morgan fingerprint density at radius 1 is 1.14 bits per heavy atom. The second-order valence-electron chi connectivity index (χ2n) is 6.89. The first kappa shape index (κ1) is 19.3. The van der Waals surface area contributed by atoms with E-state index >= 15 is 0 Å². The molecule has 0 spiro atoms. The maximum Gasteiger partial charge on any atom is 0.263 e. The van der Waals surface area contributed by atoms with Crippen LogP contribution in [-0.2, 0) is 16.6 Å². The molecule has 1 aliphatic rings. The highest BCUT2D eigenvalue weighted by Gasteiger charge is 2.19. The van der Waals surface area contributed by atoms with E-state index in [2.05, 4.69) is 14.9 Å². The quantitative estimate of drug-likeness (QED) is 0.659. The molecule has 4 rings (SSSR count). The highest BCUT2D eigenvalue weighted by atomic mass is 35.5. The number of rotatable bonds is 5. The number of fused-ring (bicyclic) bond motifs is 1. The van der Waals surface area contributed by atoms with E-state index in [1.54, 1.807) is 30.5 Å². The summed E-state index contributed by atoms with van der Waals surface area (Å²) < 4.78 is 33.9. The molecular weight excluding hydrogens is 398 g/mol. The number of hydrogen-bond donors (Lipinski definition) is 2. The third kappa shape index (κ3) is 4.17. The van der Waals surface area contributed by atoms with Gasteiger partial charge in [0.05, 0.1) is 17.0 Å². The van der Waals surface area contributed by atoms with Crippen molar-refractivity contribution in [1.82, 2.24) is 10.2 Å². The maximum absolute atomic E-state index is 12.8. The average molecular weight is 420 g/mol. The van der Waals surface area contributed by atoms with E-state index in [0.717, 1.165) is 49.1 Å². The number of nitrogens with zero attached hydrogens (tertiary/aromatic N) is 1. The van der Waals surface area contributed by atoms with Crippen LogP contribution in [0.1, 0.15) is 12.0 Å². The van der Waals surface area contributed by atoms with Crippen molar-refractivity contribution in [3.8, 4) is 0 Å². The van der Waals surface area contributed by atoms with E-state index < -0.39 is 10.0 Å². The molecule has 1 fully saturated rings. The molecule has 28 heavy (non-hydrogen) atoms. The van der Waals surface area contributed by atoms with Crippen LogP contribution in [0.3, 0.4) is 0 Å². The van der Waals surface area contributed by atoms with Crippen LogP contribution < -0.4 is 10.0 Å². The minimum atomic E-state index is -3.79. The largest absolute Gasteiger partial charge is 0.464 e. The van der Waals surface area contributed by atoms with Crippen LogP contribution in [0.4, 0.5) is 5.69 Å². The number of anilines is 1. The van der Waals surface area contributed by atoms with Gasteiger partial charge in [-0.1, -0.05) is 23.7 Å². The van der Waals surface area contributed by atoms with E-state index in [9.17, 15) is 8.42 Å². The molecule has 6 nitrogen and oxygen atoms in total. The van der Waals surface area contributed by atoms with Crippen molar-refractivity contribution in [3.63, 3.8) is 0 Å². The maximum atomic E-state index is 12.8. The predicted molar refractivity (Wildman–Crippen MR) is 111 cm³/mol. The van der Waals surface area contributed by atoms with Gasteiger partial charge in [0, 0.05) is 30.6 Å². The van der Waals surface area contributed by atoms with Crippen molar-refractivity contribution in [2.75, 3.05) is 30.9 Å². The first-order chi connectivity index (χ1) is 13.5. The van der Waals surface area contributed by atoms with E-state index in [4.69, 9.17) is 16.0 Å². The van der Waals surface area contributed by atoms with Gasteiger partial charge in [0.1, 0.15) is 10.5 Å². The lowest BCUT2D eigenvalue weighted by Gasteiger charge is -2.20. The normalized spacial score (nSPS) is 16.2. The molecule has 2 aromatic carbocycles. The van der Waals surface area contributed by atoms with Crippen molar-refractivity contribution < 1.29 is 12.8 Å². The van der Waals surface area contributed by atoms with Crippen molar-refractivity contribution in [2.24, 2.45) is 0 Å². The Hall–Kier alpha value is -2.06. The van der Waals surface area contributed by atoms with E-state index in [0.29, 0.717) is 12.2 Å². The number of nitrogens with one attached hydrogen (secondary N) is 2. The molecule has 2 N–H and O–H groups in total. The van der Waals surface area contributed by atoms with Gasteiger partial charge in [-0.25, -0.2) is 8.42 Å². The molecule has 8 heteroatoms. The summed E-state index contributed by atoms with van der Waals surface area (Å²) in [5.74, 6) is 0. The smallest absolute Gasteiger partial charge is 0.263 e. The Morgan fingerprint density at radius 3 is 2.86 bits per heavy atom. The fourth-order valence-corrected chi connectivity index (χ4v) is 5.07.